The molecule has 10 nitrogen and oxygen atoms in total. The molecule has 4 atom stereocenters. The lowest BCUT2D eigenvalue weighted by atomic mass is 9.77. The average Bonchev–Trinajstić information content (AvgIpc) is 3.36. The van der Waals surface area contributed by atoms with Crippen molar-refractivity contribution in [1.82, 2.24) is 10.2 Å². The van der Waals surface area contributed by atoms with Crippen LogP contribution in [0, 0.1) is 0 Å². The van der Waals surface area contributed by atoms with Crippen LogP contribution >= 0.6 is 0 Å². The fourth-order valence-corrected chi connectivity index (χ4v) is 5.51. The molecule has 0 bridgehead atoms. The predicted molar refractivity (Wildman–Crippen MR) is 147 cm³/mol. The van der Waals surface area contributed by atoms with Crippen LogP contribution < -0.4 is 19.5 Å². The quantitative estimate of drug-likeness (QED) is 0.341. The van der Waals surface area contributed by atoms with Gasteiger partial charge in [-0.15, -0.1) is 0 Å². The largest absolute Gasteiger partial charge is 0.496 e. The first-order valence-corrected chi connectivity index (χ1v) is 13.4. The molecule has 0 saturated carbocycles. The maximum Gasteiger partial charge on any atom is 0.247 e. The van der Waals surface area contributed by atoms with Gasteiger partial charge < -0.3 is 34.6 Å². The number of para-hydroxylation sites is 1. The van der Waals surface area contributed by atoms with Gasteiger partial charge in [0.2, 0.25) is 11.8 Å². The van der Waals surface area contributed by atoms with Gasteiger partial charge in [0.15, 0.2) is 11.5 Å². The van der Waals surface area contributed by atoms with E-state index in [2.05, 4.69) is 5.32 Å². The molecule has 3 N–H and O–H groups in total. The summed E-state index contributed by atoms with van der Waals surface area (Å²) in [7, 11) is 3.03. The number of aliphatic hydroxyl groups is 2. The fraction of sp³-hybridized carbons (Fsp3) is 0.433. The van der Waals surface area contributed by atoms with Crippen molar-refractivity contribution in [3.63, 3.8) is 0 Å². The average molecular weight is 553 g/mol. The van der Waals surface area contributed by atoms with Gasteiger partial charge in [0.25, 0.3) is 0 Å². The summed E-state index contributed by atoms with van der Waals surface area (Å²) in [4.78, 5) is 40.1. The van der Waals surface area contributed by atoms with Crippen molar-refractivity contribution in [2.45, 2.75) is 50.4 Å². The first kappa shape index (κ1) is 29.1. The summed E-state index contributed by atoms with van der Waals surface area (Å²) in [6.07, 6.45) is 1.53. The molecule has 2 aromatic rings. The van der Waals surface area contributed by atoms with Crippen molar-refractivity contribution in [1.29, 1.82) is 0 Å². The highest BCUT2D eigenvalue weighted by molar-refractivity contribution is 5.96. The molecule has 2 amide bonds. The third-order valence-corrected chi connectivity index (χ3v) is 7.37. The highest BCUT2D eigenvalue weighted by atomic mass is 16.5. The van der Waals surface area contributed by atoms with Crippen LogP contribution in [0.25, 0.3) is 0 Å². The molecule has 0 fully saturated rings. The number of nitrogens with zero attached hydrogens (tertiary/aromatic N) is 1. The second-order valence-corrected chi connectivity index (χ2v) is 9.80. The van der Waals surface area contributed by atoms with Crippen molar-refractivity contribution in [2.75, 3.05) is 33.9 Å². The summed E-state index contributed by atoms with van der Waals surface area (Å²) < 4.78 is 17.2. The van der Waals surface area contributed by atoms with Crippen LogP contribution in [0.5, 0.6) is 17.2 Å². The summed E-state index contributed by atoms with van der Waals surface area (Å²) >= 11 is 0. The Hall–Kier alpha value is -3.89. The summed E-state index contributed by atoms with van der Waals surface area (Å²) in [5.41, 5.74) is 2.06. The van der Waals surface area contributed by atoms with Gasteiger partial charge in [-0.1, -0.05) is 25.1 Å². The Morgan fingerprint density at radius 1 is 1.15 bits per heavy atom. The second-order valence-electron chi connectivity index (χ2n) is 9.80. The molecular formula is C30H36N2O8. The van der Waals surface area contributed by atoms with E-state index in [0.717, 1.165) is 5.56 Å². The first-order chi connectivity index (χ1) is 19.4. The Balaban J connectivity index is 1.77. The Bertz CT molecular complexity index is 1280. The van der Waals surface area contributed by atoms with Gasteiger partial charge in [-0.3, -0.25) is 14.4 Å². The molecule has 4 unspecified atom stereocenters. The van der Waals surface area contributed by atoms with E-state index in [9.17, 15) is 24.6 Å². The van der Waals surface area contributed by atoms with Gasteiger partial charge in [-0.25, -0.2) is 0 Å². The Kier molecular flexibility index (Phi) is 9.44. The second kappa shape index (κ2) is 13.0. The van der Waals surface area contributed by atoms with Gasteiger partial charge in [0, 0.05) is 36.2 Å². The maximum absolute atomic E-state index is 13.4. The highest BCUT2D eigenvalue weighted by Crippen LogP contribution is 2.51. The molecule has 10 heteroatoms. The van der Waals surface area contributed by atoms with Gasteiger partial charge in [-0.05, 0) is 42.7 Å². The van der Waals surface area contributed by atoms with E-state index in [1.807, 2.05) is 31.2 Å². The number of ether oxygens (including phenoxy) is 3. The number of rotatable bonds is 12. The molecule has 0 radical (unpaired) electrons. The number of carbonyl (C=O) groups excluding carboxylic acids is 3. The molecule has 2 aromatic carbocycles. The topological polar surface area (TPSA) is 135 Å². The van der Waals surface area contributed by atoms with E-state index in [4.69, 9.17) is 14.2 Å². The number of nitrogens with one attached hydrogen (secondary N) is 1. The maximum atomic E-state index is 13.4. The standard InChI is InChI=1S/C30H36N2O8/c1-4-7-25(35)32(12-10-19-8-5-6-9-23(19)38-2)22-16-21(30(37)31-11-13-33)26-20-14-18(17-34)15-24(39-3)28(20)40-29(26)27(22)36/h5-6,8-9,14-17,22,26-27,29,33,36H,4,7,10-13H2,1-3H3,(H,31,37). The normalized spacial score (nSPS) is 20.9. The molecule has 4 rings (SSSR count). The number of amides is 2. The van der Waals surface area contributed by atoms with Crippen molar-refractivity contribution >= 4 is 18.1 Å². The van der Waals surface area contributed by atoms with E-state index in [0.29, 0.717) is 47.5 Å². The zero-order valence-electron chi connectivity index (χ0n) is 23.0. The van der Waals surface area contributed by atoms with Crippen LogP contribution in [0.15, 0.2) is 48.0 Å². The van der Waals surface area contributed by atoms with Crippen LogP contribution in [0.3, 0.4) is 0 Å². The molecule has 40 heavy (non-hydrogen) atoms. The summed E-state index contributed by atoms with van der Waals surface area (Å²) in [5, 5.41) is 23.7. The minimum absolute atomic E-state index is 0.0263. The molecule has 0 aromatic heterocycles. The lowest BCUT2D eigenvalue weighted by molar-refractivity contribution is -0.137. The molecule has 0 spiro atoms. The molecule has 1 heterocycles. The van der Waals surface area contributed by atoms with Crippen LogP contribution in [-0.4, -0.2) is 85.4 Å². The lowest BCUT2D eigenvalue weighted by Gasteiger charge is -2.41. The number of aldehydes is 1. The number of aliphatic hydroxyl groups excluding tert-OH is 2. The van der Waals surface area contributed by atoms with Gasteiger partial charge in [0.1, 0.15) is 24.2 Å². The number of fused-ring (bicyclic) bond motifs is 3. The number of benzene rings is 2. The van der Waals surface area contributed by atoms with Crippen LogP contribution in [0.4, 0.5) is 0 Å². The van der Waals surface area contributed by atoms with Crippen LogP contribution in [0.2, 0.25) is 0 Å². The summed E-state index contributed by atoms with van der Waals surface area (Å²) in [6.45, 7) is 1.95. The lowest BCUT2D eigenvalue weighted by Crippen LogP contribution is -2.56. The number of methoxy groups -OCH3 is 2. The number of hydrogen-bond acceptors (Lipinski definition) is 8. The number of carbonyl (C=O) groups is 3. The van der Waals surface area contributed by atoms with Gasteiger partial charge >= 0.3 is 0 Å². The minimum atomic E-state index is -1.19. The fourth-order valence-electron chi connectivity index (χ4n) is 5.51. The van der Waals surface area contributed by atoms with E-state index >= 15 is 0 Å². The Morgan fingerprint density at radius 2 is 1.90 bits per heavy atom. The van der Waals surface area contributed by atoms with Crippen molar-refractivity contribution in [3.05, 3.63) is 64.7 Å². The van der Waals surface area contributed by atoms with Crippen molar-refractivity contribution in [3.8, 4) is 17.2 Å². The molecule has 214 valence electrons. The zero-order valence-corrected chi connectivity index (χ0v) is 23.0. The Morgan fingerprint density at radius 3 is 2.58 bits per heavy atom. The third-order valence-electron chi connectivity index (χ3n) is 7.37. The summed E-state index contributed by atoms with van der Waals surface area (Å²) in [6, 6.07) is 9.82. The van der Waals surface area contributed by atoms with E-state index in [1.165, 1.54) is 13.2 Å². The predicted octanol–water partition coefficient (Wildman–Crippen LogP) is 2.01. The van der Waals surface area contributed by atoms with E-state index in [1.54, 1.807) is 24.2 Å². The monoisotopic (exact) mass is 552 g/mol. The smallest absolute Gasteiger partial charge is 0.247 e. The molecule has 1 aliphatic carbocycles. The molecule has 1 aliphatic heterocycles. The molecular weight excluding hydrogens is 516 g/mol. The molecule has 2 aliphatic rings. The number of hydrogen-bond donors (Lipinski definition) is 3. The third kappa shape index (κ3) is 5.68. The van der Waals surface area contributed by atoms with Gasteiger partial charge in [-0.2, -0.15) is 0 Å². The summed E-state index contributed by atoms with van der Waals surface area (Å²) in [5.74, 6) is 0.00292. The van der Waals surface area contributed by atoms with Gasteiger partial charge in [0.05, 0.1) is 32.8 Å². The Labute approximate surface area is 233 Å². The molecule has 0 saturated heterocycles. The zero-order chi connectivity index (χ0) is 28.8. The minimum Gasteiger partial charge on any atom is -0.496 e. The van der Waals surface area contributed by atoms with E-state index in [-0.39, 0.29) is 37.6 Å². The highest BCUT2D eigenvalue weighted by Gasteiger charge is 2.51. The van der Waals surface area contributed by atoms with E-state index < -0.39 is 30.1 Å². The van der Waals surface area contributed by atoms with Crippen molar-refractivity contribution in [2.24, 2.45) is 0 Å². The van der Waals surface area contributed by atoms with Crippen LogP contribution in [0.1, 0.15) is 47.2 Å². The first-order valence-electron chi connectivity index (χ1n) is 13.4. The SMILES string of the molecule is CCCC(=O)N(CCc1ccccc1OC)C1C=C(C(=O)NCCO)C2c3cc(C=O)cc(OC)c3OC2C1O. The van der Waals surface area contributed by atoms with Crippen LogP contribution in [-0.2, 0) is 16.0 Å². The van der Waals surface area contributed by atoms with Crippen molar-refractivity contribution < 1.29 is 38.8 Å².